The highest BCUT2D eigenvalue weighted by atomic mass is 13.9. The third-order valence-corrected chi connectivity index (χ3v) is 1.27. The van der Waals surface area contributed by atoms with Crippen LogP contribution in [-0.4, -0.2) is 0 Å². The third-order valence-electron chi connectivity index (χ3n) is 1.27. The summed E-state index contributed by atoms with van der Waals surface area (Å²) in [5, 5.41) is 0. The fourth-order valence-corrected chi connectivity index (χ4v) is 0.558. The molecule has 0 aromatic rings. The molecular formula is C8H15. The Morgan fingerprint density at radius 3 is 2.62 bits per heavy atom. The first-order valence-corrected chi connectivity index (χ1v) is 3.26. The van der Waals surface area contributed by atoms with Gasteiger partial charge in [-0.3, -0.25) is 0 Å². The van der Waals surface area contributed by atoms with Gasteiger partial charge in [0, 0.05) is 0 Å². The van der Waals surface area contributed by atoms with Gasteiger partial charge in [-0.2, -0.15) is 0 Å². The summed E-state index contributed by atoms with van der Waals surface area (Å²) in [5.74, 6) is 0. The van der Waals surface area contributed by atoms with E-state index in [2.05, 4.69) is 20.8 Å². The fraction of sp³-hybridized carbons (Fsp3) is 0.625. The molecule has 0 aliphatic heterocycles. The van der Waals surface area contributed by atoms with Crippen LogP contribution < -0.4 is 0 Å². The number of hydrogen-bond donors (Lipinski definition) is 0. The molecule has 0 spiro atoms. The first-order valence-electron chi connectivity index (χ1n) is 3.26. The summed E-state index contributed by atoms with van der Waals surface area (Å²) in [4.78, 5) is 0. The summed E-state index contributed by atoms with van der Waals surface area (Å²) in [6.07, 6.45) is 5.75. The van der Waals surface area contributed by atoms with Crippen LogP contribution in [0.4, 0.5) is 0 Å². The Balaban J connectivity index is 3.12. The molecule has 47 valence electrons. The topological polar surface area (TPSA) is 0 Å². The van der Waals surface area contributed by atoms with Crippen LogP contribution in [0, 0.1) is 6.92 Å². The molecule has 0 saturated heterocycles. The van der Waals surface area contributed by atoms with E-state index in [4.69, 9.17) is 0 Å². The Labute approximate surface area is 52.6 Å². The van der Waals surface area contributed by atoms with Gasteiger partial charge in [0.05, 0.1) is 0 Å². The molecule has 0 heteroatoms. The fourth-order valence-electron chi connectivity index (χ4n) is 0.558. The Morgan fingerprint density at radius 2 is 2.25 bits per heavy atom. The average molecular weight is 111 g/mol. The van der Waals surface area contributed by atoms with Crippen LogP contribution in [-0.2, 0) is 0 Å². The van der Waals surface area contributed by atoms with Crippen LogP contribution in [0.15, 0.2) is 11.6 Å². The molecule has 0 aromatic heterocycles. The summed E-state index contributed by atoms with van der Waals surface area (Å²) >= 11 is 0. The van der Waals surface area contributed by atoms with E-state index in [1.54, 1.807) is 0 Å². The first-order chi connectivity index (χ1) is 3.81. The molecule has 0 amide bonds. The zero-order valence-corrected chi connectivity index (χ0v) is 5.91. The van der Waals surface area contributed by atoms with Gasteiger partial charge in [0.1, 0.15) is 0 Å². The second kappa shape index (κ2) is 4.89. The normalized spacial score (nSPS) is 12.1. The molecule has 0 bridgehead atoms. The van der Waals surface area contributed by atoms with E-state index in [1.165, 1.54) is 24.8 Å². The molecule has 8 heavy (non-hydrogen) atoms. The van der Waals surface area contributed by atoms with E-state index < -0.39 is 0 Å². The molecule has 0 unspecified atom stereocenters. The second-order valence-electron chi connectivity index (χ2n) is 2.15. The summed E-state index contributed by atoms with van der Waals surface area (Å²) in [5.41, 5.74) is 1.41. The lowest BCUT2D eigenvalue weighted by Crippen LogP contribution is -1.74. The minimum atomic E-state index is 1.22. The van der Waals surface area contributed by atoms with Gasteiger partial charge >= 0.3 is 0 Å². The van der Waals surface area contributed by atoms with E-state index in [0.29, 0.717) is 0 Å². The van der Waals surface area contributed by atoms with Crippen LogP contribution in [0.2, 0.25) is 0 Å². The van der Waals surface area contributed by atoms with Crippen molar-refractivity contribution in [2.24, 2.45) is 0 Å². The summed E-state index contributed by atoms with van der Waals surface area (Å²) in [7, 11) is 0. The summed E-state index contributed by atoms with van der Waals surface area (Å²) < 4.78 is 0. The molecule has 0 aliphatic rings. The predicted octanol–water partition coefficient (Wildman–Crippen LogP) is 2.96. The van der Waals surface area contributed by atoms with Gasteiger partial charge in [0.15, 0.2) is 0 Å². The van der Waals surface area contributed by atoms with Crippen molar-refractivity contribution in [3.8, 4) is 0 Å². The minimum absolute atomic E-state index is 1.22. The molecular weight excluding hydrogens is 96.1 g/mol. The van der Waals surface area contributed by atoms with Gasteiger partial charge in [0.2, 0.25) is 0 Å². The molecule has 0 nitrogen and oxygen atoms in total. The molecule has 0 aromatic carbocycles. The van der Waals surface area contributed by atoms with Gasteiger partial charge in [-0.25, -0.2) is 0 Å². The number of allylic oxidation sites excluding steroid dienone is 2. The highest BCUT2D eigenvalue weighted by Gasteiger charge is 1.83. The molecule has 0 heterocycles. The Kier molecular flexibility index (Phi) is 4.73. The van der Waals surface area contributed by atoms with Crippen molar-refractivity contribution in [3.05, 3.63) is 18.6 Å². The van der Waals surface area contributed by atoms with Gasteiger partial charge in [0.25, 0.3) is 0 Å². The predicted molar refractivity (Wildman–Crippen MR) is 38.6 cm³/mol. The van der Waals surface area contributed by atoms with Crippen molar-refractivity contribution >= 4 is 0 Å². The minimum Gasteiger partial charge on any atom is -0.0853 e. The van der Waals surface area contributed by atoms with Crippen molar-refractivity contribution in [2.45, 2.75) is 33.1 Å². The SMILES string of the molecule is [CH2]C=C(C)CCCC. The first kappa shape index (κ1) is 7.74. The van der Waals surface area contributed by atoms with Crippen molar-refractivity contribution < 1.29 is 0 Å². The largest absolute Gasteiger partial charge is 0.0853 e. The van der Waals surface area contributed by atoms with Crippen LogP contribution in [0.5, 0.6) is 0 Å². The van der Waals surface area contributed by atoms with Crippen LogP contribution in [0.1, 0.15) is 33.1 Å². The van der Waals surface area contributed by atoms with Gasteiger partial charge in [-0.1, -0.05) is 25.0 Å². The number of hydrogen-bond acceptors (Lipinski definition) is 0. The monoisotopic (exact) mass is 111 g/mol. The number of unbranched alkanes of at least 4 members (excludes halogenated alkanes) is 1. The van der Waals surface area contributed by atoms with Crippen LogP contribution in [0.25, 0.3) is 0 Å². The molecule has 0 N–H and O–H groups in total. The van der Waals surface area contributed by atoms with E-state index in [1.807, 2.05) is 6.08 Å². The lowest BCUT2D eigenvalue weighted by Gasteiger charge is -1.94. The van der Waals surface area contributed by atoms with Crippen molar-refractivity contribution in [1.82, 2.24) is 0 Å². The highest BCUT2D eigenvalue weighted by Crippen LogP contribution is 2.04. The average Bonchev–Trinajstić information content (AvgIpc) is 1.83. The van der Waals surface area contributed by atoms with E-state index >= 15 is 0 Å². The van der Waals surface area contributed by atoms with Gasteiger partial charge in [-0.05, 0) is 26.7 Å². The van der Waals surface area contributed by atoms with Gasteiger partial charge in [-0.15, -0.1) is 0 Å². The Bertz CT molecular complexity index is 70.1. The van der Waals surface area contributed by atoms with E-state index in [0.717, 1.165) is 0 Å². The zero-order chi connectivity index (χ0) is 6.41. The maximum Gasteiger partial charge on any atom is -0.0313 e. The summed E-state index contributed by atoms with van der Waals surface area (Å²) in [6, 6.07) is 0. The van der Waals surface area contributed by atoms with Crippen molar-refractivity contribution in [3.63, 3.8) is 0 Å². The Hall–Kier alpha value is -0.260. The zero-order valence-electron chi connectivity index (χ0n) is 5.91. The lowest BCUT2D eigenvalue weighted by molar-refractivity contribution is 0.787. The Morgan fingerprint density at radius 1 is 1.62 bits per heavy atom. The summed E-state index contributed by atoms with van der Waals surface area (Å²) in [6.45, 7) is 8.01. The number of rotatable bonds is 3. The highest BCUT2D eigenvalue weighted by molar-refractivity contribution is 4.98. The smallest absolute Gasteiger partial charge is 0.0313 e. The van der Waals surface area contributed by atoms with E-state index in [9.17, 15) is 0 Å². The molecule has 0 rings (SSSR count). The third kappa shape index (κ3) is 3.91. The van der Waals surface area contributed by atoms with Crippen LogP contribution in [0.3, 0.4) is 0 Å². The lowest BCUT2D eigenvalue weighted by atomic mass is 10.1. The maximum absolute atomic E-state index is 3.68. The van der Waals surface area contributed by atoms with Gasteiger partial charge < -0.3 is 0 Å². The van der Waals surface area contributed by atoms with Crippen LogP contribution >= 0.6 is 0 Å². The quantitative estimate of drug-likeness (QED) is 0.525. The second-order valence-corrected chi connectivity index (χ2v) is 2.15. The molecule has 1 radical (unpaired) electrons. The molecule has 0 saturated carbocycles. The van der Waals surface area contributed by atoms with Crippen molar-refractivity contribution in [1.29, 1.82) is 0 Å². The molecule has 0 atom stereocenters. The standard InChI is InChI=1S/C8H15/c1-4-6-7-8(3)5-2/h5H,2,4,6-7H2,1,3H3. The maximum atomic E-state index is 3.68. The molecule has 0 fully saturated rings. The van der Waals surface area contributed by atoms with Crippen molar-refractivity contribution in [2.75, 3.05) is 0 Å². The van der Waals surface area contributed by atoms with E-state index in [-0.39, 0.29) is 0 Å². The molecule has 0 aliphatic carbocycles.